The summed E-state index contributed by atoms with van der Waals surface area (Å²) >= 11 is 5.47. The maximum Gasteiger partial charge on any atom is 0.256 e. The van der Waals surface area contributed by atoms with Gasteiger partial charge in [0.1, 0.15) is 17.6 Å². The number of thiocarbonyl (C=S) groups is 1. The van der Waals surface area contributed by atoms with Crippen LogP contribution in [0, 0.1) is 5.82 Å². The Morgan fingerprint density at radius 2 is 1.90 bits per heavy atom. The molecule has 3 rings (SSSR count). The van der Waals surface area contributed by atoms with Crippen molar-refractivity contribution in [2.75, 3.05) is 23.4 Å². The number of benzene rings is 2. The minimum Gasteiger partial charge on any atom is -0.494 e. The molecule has 0 aromatic heterocycles. The molecule has 0 saturated carbocycles. The van der Waals surface area contributed by atoms with Gasteiger partial charge < -0.3 is 15.0 Å². The van der Waals surface area contributed by atoms with E-state index in [9.17, 15) is 14.0 Å². The predicted molar refractivity (Wildman–Crippen MR) is 123 cm³/mol. The maximum absolute atomic E-state index is 13.3. The maximum atomic E-state index is 13.3. The topological polar surface area (TPSA) is 61.9 Å². The summed E-state index contributed by atoms with van der Waals surface area (Å²) in [5, 5.41) is 3.06. The zero-order valence-corrected chi connectivity index (χ0v) is 18.0. The van der Waals surface area contributed by atoms with Gasteiger partial charge in [-0.1, -0.05) is 13.0 Å². The lowest BCUT2D eigenvalue weighted by molar-refractivity contribution is -0.124. The third kappa shape index (κ3) is 5.27. The summed E-state index contributed by atoms with van der Waals surface area (Å²) in [5.41, 5.74) is 1.06. The summed E-state index contributed by atoms with van der Waals surface area (Å²) in [6, 6.07) is 11.8. The SMILES string of the molecule is C=CCN1C(=S)N(c2ccc(F)cc2)C(=O)[C@H]1CC(=O)Nc1ccc(OCCC)cc1. The van der Waals surface area contributed by atoms with Crippen molar-refractivity contribution >= 4 is 40.5 Å². The number of rotatable bonds is 9. The number of ether oxygens (including phenoxy) is 1. The summed E-state index contributed by atoms with van der Waals surface area (Å²) in [6.45, 7) is 6.67. The van der Waals surface area contributed by atoms with Crippen molar-refractivity contribution in [1.29, 1.82) is 0 Å². The summed E-state index contributed by atoms with van der Waals surface area (Å²) < 4.78 is 18.8. The van der Waals surface area contributed by atoms with Gasteiger partial charge in [-0.15, -0.1) is 6.58 Å². The lowest BCUT2D eigenvalue weighted by atomic mass is 10.1. The van der Waals surface area contributed by atoms with Crippen LogP contribution in [0.15, 0.2) is 61.2 Å². The first-order chi connectivity index (χ1) is 14.9. The number of carbonyl (C=O) groups is 2. The van der Waals surface area contributed by atoms with Gasteiger partial charge in [-0.3, -0.25) is 14.5 Å². The molecule has 1 fully saturated rings. The summed E-state index contributed by atoms with van der Waals surface area (Å²) in [6.07, 6.45) is 2.44. The number of anilines is 2. The van der Waals surface area contributed by atoms with Crippen molar-refractivity contribution < 1.29 is 18.7 Å². The lowest BCUT2D eigenvalue weighted by Crippen LogP contribution is -2.37. The Labute approximate surface area is 186 Å². The van der Waals surface area contributed by atoms with Crippen LogP contribution in [0.25, 0.3) is 0 Å². The Balaban J connectivity index is 1.71. The van der Waals surface area contributed by atoms with Crippen LogP contribution in [-0.4, -0.2) is 41.0 Å². The van der Waals surface area contributed by atoms with Gasteiger partial charge in [-0.2, -0.15) is 0 Å². The quantitative estimate of drug-likeness (QED) is 0.468. The van der Waals surface area contributed by atoms with Gasteiger partial charge in [-0.25, -0.2) is 4.39 Å². The van der Waals surface area contributed by atoms with Crippen LogP contribution >= 0.6 is 12.2 Å². The van der Waals surface area contributed by atoms with Crippen molar-refractivity contribution in [1.82, 2.24) is 4.90 Å². The average Bonchev–Trinajstić information content (AvgIpc) is 2.98. The number of nitrogens with zero attached hydrogens (tertiary/aromatic N) is 2. The highest BCUT2D eigenvalue weighted by Gasteiger charge is 2.43. The molecular formula is C23H24FN3O3S. The smallest absolute Gasteiger partial charge is 0.256 e. The monoisotopic (exact) mass is 441 g/mol. The molecule has 31 heavy (non-hydrogen) atoms. The van der Waals surface area contributed by atoms with E-state index in [1.54, 1.807) is 35.2 Å². The molecule has 0 spiro atoms. The standard InChI is InChI=1S/C23H24FN3O3S/c1-3-13-26-20(22(29)27(23(26)31)18-9-5-16(24)6-10-18)15-21(28)25-17-7-11-19(12-8-17)30-14-4-2/h3,5-12,20H,1,4,13-15H2,2H3,(H,25,28)/t20-/m1/s1. The Hall–Kier alpha value is -3.26. The minimum atomic E-state index is -0.775. The highest BCUT2D eigenvalue weighted by molar-refractivity contribution is 7.80. The Morgan fingerprint density at radius 1 is 1.23 bits per heavy atom. The molecule has 2 amide bonds. The molecule has 0 bridgehead atoms. The Morgan fingerprint density at radius 3 is 2.52 bits per heavy atom. The first kappa shape index (κ1) is 22.4. The molecule has 1 heterocycles. The third-order valence-electron chi connectivity index (χ3n) is 4.72. The van der Waals surface area contributed by atoms with Gasteiger partial charge in [0.05, 0.1) is 18.7 Å². The van der Waals surface area contributed by atoms with Gasteiger partial charge in [0.25, 0.3) is 5.91 Å². The number of nitrogens with one attached hydrogen (secondary N) is 1. The van der Waals surface area contributed by atoms with E-state index in [1.165, 1.54) is 29.2 Å². The molecule has 6 nitrogen and oxygen atoms in total. The molecule has 1 atom stereocenters. The summed E-state index contributed by atoms with van der Waals surface area (Å²) in [7, 11) is 0. The molecule has 8 heteroatoms. The van der Waals surface area contributed by atoms with E-state index >= 15 is 0 Å². The van der Waals surface area contributed by atoms with E-state index in [0.717, 1.165) is 12.2 Å². The first-order valence-electron chi connectivity index (χ1n) is 9.98. The highest BCUT2D eigenvalue weighted by Crippen LogP contribution is 2.27. The first-order valence-corrected chi connectivity index (χ1v) is 10.4. The Bertz CT molecular complexity index is 963. The number of hydrogen-bond donors (Lipinski definition) is 1. The average molecular weight is 442 g/mol. The van der Waals surface area contributed by atoms with E-state index in [1.807, 2.05) is 6.92 Å². The van der Waals surface area contributed by atoms with Gasteiger partial charge in [0.2, 0.25) is 5.91 Å². The normalized spacial score (nSPS) is 15.9. The lowest BCUT2D eigenvalue weighted by Gasteiger charge is -2.22. The van der Waals surface area contributed by atoms with Crippen LogP contribution < -0.4 is 15.0 Å². The van der Waals surface area contributed by atoms with Crippen LogP contribution in [0.1, 0.15) is 19.8 Å². The van der Waals surface area contributed by atoms with Crippen LogP contribution in [0.5, 0.6) is 5.75 Å². The minimum absolute atomic E-state index is 0.0847. The van der Waals surface area contributed by atoms with Crippen LogP contribution in [0.4, 0.5) is 15.8 Å². The fourth-order valence-corrected chi connectivity index (χ4v) is 3.65. The second-order valence-electron chi connectivity index (χ2n) is 7.01. The van der Waals surface area contributed by atoms with Crippen LogP contribution in [0.2, 0.25) is 0 Å². The van der Waals surface area contributed by atoms with Gasteiger partial charge >= 0.3 is 0 Å². The van der Waals surface area contributed by atoms with Gasteiger partial charge in [0, 0.05) is 12.2 Å². The number of hydrogen-bond acceptors (Lipinski definition) is 4. The van der Waals surface area contributed by atoms with Crippen molar-refractivity contribution in [3.05, 3.63) is 67.0 Å². The molecule has 1 aliphatic rings. The van der Waals surface area contributed by atoms with E-state index in [-0.39, 0.29) is 23.3 Å². The largest absolute Gasteiger partial charge is 0.494 e. The number of halogens is 1. The second-order valence-corrected chi connectivity index (χ2v) is 7.38. The molecule has 0 aliphatic carbocycles. The van der Waals surface area contributed by atoms with Crippen molar-refractivity contribution in [3.8, 4) is 5.75 Å². The molecule has 0 unspecified atom stereocenters. The summed E-state index contributed by atoms with van der Waals surface area (Å²) in [4.78, 5) is 28.7. The van der Waals surface area contributed by atoms with Gasteiger partial charge in [-0.05, 0) is 67.2 Å². The van der Waals surface area contributed by atoms with Crippen molar-refractivity contribution in [2.45, 2.75) is 25.8 Å². The number of carbonyl (C=O) groups excluding carboxylic acids is 2. The van der Waals surface area contributed by atoms with Crippen LogP contribution in [-0.2, 0) is 9.59 Å². The molecular weight excluding hydrogens is 417 g/mol. The zero-order valence-electron chi connectivity index (χ0n) is 17.2. The fourth-order valence-electron chi connectivity index (χ4n) is 3.25. The molecule has 1 saturated heterocycles. The molecule has 1 N–H and O–H groups in total. The number of amides is 2. The third-order valence-corrected chi connectivity index (χ3v) is 5.14. The molecule has 2 aromatic rings. The van der Waals surface area contributed by atoms with Crippen molar-refractivity contribution in [3.63, 3.8) is 0 Å². The predicted octanol–water partition coefficient (Wildman–Crippen LogP) is 4.13. The Kier molecular flexibility index (Phi) is 7.36. The molecule has 162 valence electrons. The molecule has 0 radical (unpaired) electrons. The fraction of sp³-hybridized carbons (Fsp3) is 0.261. The summed E-state index contributed by atoms with van der Waals surface area (Å²) in [5.74, 6) is -0.343. The molecule has 1 aliphatic heterocycles. The highest BCUT2D eigenvalue weighted by atomic mass is 32.1. The van der Waals surface area contributed by atoms with Crippen LogP contribution in [0.3, 0.4) is 0 Å². The van der Waals surface area contributed by atoms with E-state index in [2.05, 4.69) is 11.9 Å². The van der Waals surface area contributed by atoms with E-state index < -0.39 is 11.9 Å². The molecule has 2 aromatic carbocycles. The van der Waals surface area contributed by atoms with E-state index in [0.29, 0.717) is 24.5 Å². The van der Waals surface area contributed by atoms with Crippen molar-refractivity contribution in [2.24, 2.45) is 0 Å². The van der Waals surface area contributed by atoms with E-state index in [4.69, 9.17) is 17.0 Å². The zero-order chi connectivity index (χ0) is 22.4. The van der Waals surface area contributed by atoms with Gasteiger partial charge in [0.15, 0.2) is 5.11 Å². The second kappa shape index (κ2) is 10.2.